The van der Waals surface area contributed by atoms with E-state index in [4.69, 9.17) is 4.74 Å². The van der Waals surface area contributed by atoms with Gasteiger partial charge in [0.05, 0.1) is 12.8 Å². The molecular weight excluding hydrogens is 365 g/mol. The zero-order chi connectivity index (χ0) is 20.2. The Morgan fingerprint density at radius 1 is 0.931 bits per heavy atom. The van der Waals surface area contributed by atoms with Crippen LogP contribution in [-0.4, -0.2) is 12.9 Å². The third-order valence-electron chi connectivity index (χ3n) is 4.96. The molecule has 0 saturated heterocycles. The van der Waals surface area contributed by atoms with Crippen LogP contribution in [0.25, 0.3) is 0 Å². The molecule has 1 aliphatic heterocycles. The van der Waals surface area contributed by atoms with Gasteiger partial charge in [-0.05, 0) is 42.0 Å². The van der Waals surface area contributed by atoms with Crippen LogP contribution in [0.2, 0.25) is 0 Å². The fourth-order valence-electron chi connectivity index (χ4n) is 3.43. The van der Waals surface area contributed by atoms with Gasteiger partial charge in [0, 0.05) is 29.5 Å². The number of hydrogen-bond acceptors (Lipinski definition) is 3. The first-order valence-electron chi connectivity index (χ1n) is 9.34. The molecule has 0 aliphatic carbocycles. The summed E-state index contributed by atoms with van der Waals surface area (Å²) >= 11 is 0. The van der Waals surface area contributed by atoms with Crippen LogP contribution in [0.1, 0.15) is 21.8 Å². The van der Waals surface area contributed by atoms with E-state index in [9.17, 15) is 9.18 Å². The first-order valence-corrected chi connectivity index (χ1v) is 9.34. The lowest BCUT2D eigenvalue weighted by Gasteiger charge is -2.27. The average molecular weight is 385 g/mol. The van der Waals surface area contributed by atoms with Crippen molar-refractivity contribution < 1.29 is 13.9 Å². The lowest BCUT2D eigenvalue weighted by molar-refractivity contribution is 0.102. The van der Waals surface area contributed by atoms with E-state index in [1.807, 2.05) is 36.4 Å². The van der Waals surface area contributed by atoms with Gasteiger partial charge in [0.2, 0.25) is 0 Å². The van der Waals surface area contributed by atoms with Crippen LogP contribution in [-0.2, 0) is 0 Å². The Labute approximate surface area is 169 Å². The number of allylic oxidation sites excluding steroid dienone is 2. The molecule has 0 radical (unpaired) electrons. The van der Waals surface area contributed by atoms with E-state index in [0.717, 1.165) is 5.56 Å². The highest BCUT2D eigenvalue weighted by Gasteiger charge is 2.26. The molecule has 4 heteroatoms. The largest absolute Gasteiger partial charge is 0.497 e. The molecule has 0 bridgehead atoms. The zero-order valence-electron chi connectivity index (χ0n) is 16.0. The van der Waals surface area contributed by atoms with Crippen molar-refractivity contribution in [1.82, 2.24) is 0 Å². The van der Waals surface area contributed by atoms with Crippen molar-refractivity contribution >= 4 is 11.5 Å². The molecule has 1 aliphatic rings. The van der Waals surface area contributed by atoms with Crippen LogP contribution >= 0.6 is 0 Å². The van der Waals surface area contributed by atoms with Gasteiger partial charge < -0.3 is 9.64 Å². The molecule has 29 heavy (non-hydrogen) atoms. The third kappa shape index (κ3) is 3.83. The fourth-order valence-corrected chi connectivity index (χ4v) is 3.43. The van der Waals surface area contributed by atoms with Gasteiger partial charge in [-0.2, -0.15) is 0 Å². The van der Waals surface area contributed by atoms with E-state index in [2.05, 4.69) is 0 Å². The number of hydrogen-bond donors (Lipinski definition) is 0. The smallest absolute Gasteiger partial charge is 0.191 e. The molecule has 0 fully saturated rings. The molecule has 3 aromatic rings. The molecule has 0 amide bonds. The van der Waals surface area contributed by atoms with Crippen LogP contribution < -0.4 is 9.64 Å². The maximum Gasteiger partial charge on any atom is 0.191 e. The van der Waals surface area contributed by atoms with E-state index < -0.39 is 0 Å². The van der Waals surface area contributed by atoms with Crippen LogP contribution in [0.4, 0.5) is 10.1 Å². The molecule has 0 spiro atoms. The molecule has 4 rings (SSSR count). The van der Waals surface area contributed by atoms with Gasteiger partial charge in [-0.1, -0.05) is 48.5 Å². The zero-order valence-corrected chi connectivity index (χ0v) is 16.0. The highest BCUT2D eigenvalue weighted by atomic mass is 19.1. The number of nitrogens with zero attached hydrogens (tertiary/aromatic N) is 1. The number of ketones is 1. The topological polar surface area (TPSA) is 29.5 Å². The summed E-state index contributed by atoms with van der Waals surface area (Å²) in [6, 6.07) is 23.3. The van der Waals surface area contributed by atoms with Gasteiger partial charge in [0.1, 0.15) is 11.6 Å². The van der Waals surface area contributed by atoms with Gasteiger partial charge in [0.25, 0.3) is 0 Å². The number of ether oxygens (including phenoxy) is 1. The molecule has 144 valence electrons. The second kappa shape index (κ2) is 8.15. The van der Waals surface area contributed by atoms with Crippen LogP contribution in [0.5, 0.6) is 5.75 Å². The second-order valence-corrected chi connectivity index (χ2v) is 6.73. The normalized spacial score (nSPS) is 15.7. The Kier molecular flexibility index (Phi) is 5.25. The minimum Gasteiger partial charge on any atom is -0.497 e. The maximum atomic E-state index is 14.3. The molecule has 0 saturated carbocycles. The van der Waals surface area contributed by atoms with E-state index in [1.165, 1.54) is 6.07 Å². The first kappa shape index (κ1) is 18.7. The molecule has 0 aromatic heterocycles. The number of carbonyl (C=O) groups excluding carboxylic acids is 1. The van der Waals surface area contributed by atoms with Crippen molar-refractivity contribution in [3.05, 3.63) is 120 Å². The monoisotopic (exact) mass is 385 g/mol. The highest BCUT2D eigenvalue weighted by molar-refractivity contribution is 6.10. The number of methoxy groups -OCH3 is 1. The summed E-state index contributed by atoms with van der Waals surface area (Å²) < 4.78 is 19.5. The number of para-hydroxylation sites is 1. The minimum absolute atomic E-state index is 0.104. The van der Waals surface area contributed by atoms with E-state index in [0.29, 0.717) is 22.6 Å². The number of carbonyl (C=O) groups is 1. The Balaban J connectivity index is 1.76. The summed E-state index contributed by atoms with van der Waals surface area (Å²) in [6.45, 7) is 0. The van der Waals surface area contributed by atoms with Crippen molar-refractivity contribution in [3.63, 3.8) is 0 Å². The van der Waals surface area contributed by atoms with Crippen molar-refractivity contribution in [3.8, 4) is 5.75 Å². The van der Waals surface area contributed by atoms with Gasteiger partial charge in [0.15, 0.2) is 5.78 Å². The quantitative estimate of drug-likeness (QED) is 0.526. The van der Waals surface area contributed by atoms with Crippen LogP contribution in [0.15, 0.2) is 103 Å². The average Bonchev–Trinajstić information content (AvgIpc) is 2.79. The second-order valence-electron chi connectivity index (χ2n) is 6.73. The van der Waals surface area contributed by atoms with Crippen LogP contribution in [0, 0.1) is 5.82 Å². The summed E-state index contributed by atoms with van der Waals surface area (Å²) in [5.41, 5.74) is 2.54. The number of benzene rings is 3. The van der Waals surface area contributed by atoms with Gasteiger partial charge >= 0.3 is 0 Å². The summed E-state index contributed by atoms with van der Waals surface area (Å²) in [4.78, 5) is 15.0. The molecule has 3 aromatic carbocycles. The predicted molar refractivity (Wildman–Crippen MR) is 113 cm³/mol. The number of rotatable bonds is 5. The maximum absolute atomic E-state index is 14.3. The highest BCUT2D eigenvalue weighted by Crippen LogP contribution is 2.34. The lowest BCUT2D eigenvalue weighted by Crippen LogP contribution is -2.21. The van der Waals surface area contributed by atoms with Crippen LogP contribution in [0.3, 0.4) is 0 Å². The number of halogens is 1. The standard InChI is InChI=1S/C25H20FNO2/c1-29-20-13-11-19(12-14-20)25(28)22-17-27(24-10-6-5-9-23(24)26)16-15-21(22)18-7-3-2-4-8-18/h2-17,21H,1H3. The number of Topliss-reactive ketones (excluding diaryl/α,β-unsaturated/α-hetero) is 1. The summed E-state index contributed by atoms with van der Waals surface area (Å²) in [5, 5.41) is 0. The van der Waals surface area contributed by atoms with E-state index >= 15 is 0 Å². The minimum atomic E-state index is -0.345. The van der Waals surface area contributed by atoms with Gasteiger partial charge in [-0.25, -0.2) is 4.39 Å². The van der Waals surface area contributed by atoms with Crippen molar-refractivity contribution in [2.45, 2.75) is 5.92 Å². The lowest BCUT2D eigenvalue weighted by atomic mass is 9.85. The molecule has 1 atom stereocenters. The van der Waals surface area contributed by atoms with Gasteiger partial charge in [-0.3, -0.25) is 4.79 Å². The molecule has 1 heterocycles. The molecule has 3 nitrogen and oxygen atoms in total. The molecular formula is C25H20FNO2. The summed E-state index contributed by atoms with van der Waals surface area (Å²) in [7, 11) is 1.59. The summed E-state index contributed by atoms with van der Waals surface area (Å²) in [5.74, 6) is 0.0236. The Morgan fingerprint density at radius 2 is 1.62 bits per heavy atom. The van der Waals surface area contributed by atoms with E-state index in [1.54, 1.807) is 66.9 Å². The van der Waals surface area contributed by atoms with Crippen molar-refractivity contribution in [2.75, 3.05) is 12.0 Å². The SMILES string of the molecule is COc1ccc(C(=O)C2=CN(c3ccccc3F)C=CC2c2ccccc2)cc1. The van der Waals surface area contributed by atoms with Gasteiger partial charge in [-0.15, -0.1) is 0 Å². The Hall–Kier alpha value is -3.66. The van der Waals surface area contributed by atoms with Crippen molar-refractivity contribution in [1.29, 1.82) is 0 Å². The molecule has 0 N–H and O–H groups in total. The van der Waals surface area contributed by atoms with E-state index in [-0.39, 0.29) is 17.5 Å². The fraction of sp³-hybridized carbons (Fsp3) is 0.0800. The Bertz CT molecular complexity index is 1070. The number of anilines is 1. The summed E-state index contributed by atoms with van der Waals surface area (Å²) in [6.07, 6.45) is 5.46. The Morgan fingerprint density at radius 3 is 2.31 bits per heavy atom. The third-order valence-corrected chi connectivity index (χ3v) is 4.96. The first-order chi connectivity index (χ1) is 14.2. The molecule has 1 unspecified atom stereocenters. The van der Waals surface area contributed by atoms with Crippen molar-refractivity contribution in [2.24, 2.45) is 0 Å². The predicted octanol–water partition coefficient (Wildman–Crippen LogP) is 5.72.